The number of rotatable bonds is 2. The first-order valence-corrected chi connectivity index (χ1v) is 7.07. The highest BCUT2D eigenvalue weighted by Gasteiger charge is 2.36. The third kappa shape index (κ3) is 2.17. The van der Waals surface area contributed by atoms with Gasteiger partial charge >= 0.3 is 0 Å². The summed E-state index contributed by atoms with van der Waals surface area (Å²) in [6, 6.07) is 3.15. The predicted molar refractivity (Wildman–Crippen MR) is 74.5 cm³/mol. The molecule has 0 spiro atoms. The molecule has 1 aromatic heterocycles. The van der Waals surface area contributed by atoms with E-state index in [0.717, 1.165) is 24.2 Å². The van der Waals surface area contributed by atoms with Gasteiger partial charge in [-0.05, 0) is 34.8 Å². The molecule has 1 aromatic carbocycles. The number of imidazole rings is 1. The van der Waals surface area contributed by atoms with Gasteiger partial charge in [-0.1, -0.05) is 0 Å². The van der Waals surface area contributed by atoms with Crippen LogP contribution in [0.5, 0.6) is 0 Å². The molecule has 1 fully saturated rings. The Kier molecular flexibility index (Phi) is 3.32. The van der Waals surface area contributed by atoms with E-state index in [-0.39, 0.29) is 11.2 Å². The second-order valence-corrected chi connectivity index (χ2v) is 5.82. The van der Waals surface area contributed by atoms with Crippen molar-refractivity contribution in [3.05, 3.63) is 28.2 Å². The second-order valence-electron chi connectivity index (χ2n) is 4.97. The van der Waals surface area contributed by atoms with E-state index in [4.69, 9.17) is 10.5 Å². The van der Waals surface area contributed by atoms with Gasteiger partial charge in [0.05, 0.1) is 15.5 Å². The lowest BCUT2D eigenvalue weighted by Crippen LogP contribution is -2.41. The van der Waals surface area contributed by atoms with Gasteiger partial charge in [0.1, 0.15) is 11.6 Å². The lowest BCUT2D eigenvalue weighted by atomic mass is 9.79. The summed E-state index contributed by atoms with van der Waals surface area (Å²) >= 11 is 3.18. The van der Waals surface area contributed by atoms with Crippen LogP contribution in [0.15, 0.2) is 16.6 Å². The van der Waals surface area contributed by atoms with E-state index in [1.54, 1.807) is 6.07 Å². The molecule has 3 rings (SSSR count). The standard InChI is InChI=1S/C13H15BrFN3O/c14-8-5-10-11(6-9(8)15)18-12(17-10)13(7-16)1-3-19-4-2-13/h5-6H,1-4,7,16H2,(H,17,18). The first-order chi connectivity index (χ1) is 9.14. The summed E-state index contributed by atoms with van der Waals surface area (Å²) in [4.78, 5) is 7.81. The number of fused-ring (bicyclic) bond motifs is 1. The summed E-state index contributed by atoms with van der Waals surface area (Å²) in [7, 11) is 0. The van der Waals surface area contributed by atoms with Crippen LogP contribution in [0.4, 0.5) is 4.39 Å². The largest absolute Gasteiger partial charge is 0.381 e. The summed E-state index contributed by atoms with van der Waals surface area (Å²) in [5.74, 6) is 0.544. The molecule has 0 radical (unpaired) electrons. The summed E-state index contributed by atoms with van der Waals surface area (Å²) in [6.07, 6.45) is 1.68. The topological polar surface area (TPSA) is 63.9 Å². The SMILES string of the molecule is NCC1(c2nc3cc(Br)c(F)cc3[nH]2)CCOCC1. The van der Waals surface area contributed by atoms with Crippen LogP contribution in [0.2, 0.25) is 0 Å². The molecule has 0 saturated carbocycles. The molecule has 2 aromatic rings. The number of nitrogens with two attached hydrogens (primary N) is 1. The van der Waals surface area contributed by atoms with Gasteiger partial charge < -0.3 is 15.5 Å². The average molecular weight is 328 g/mol. The molecular formula is C13H15BrFN3O. The van der Waals surface area contributed by atoms with Crippen molar-refractivity contribution in [3.8, 4) is 0 Å². The maximum absolute atomic E-state index is 13.5. The van der Waals surface area contributed by atoms with Crippen LogP contribution in [0, 0.1) is 5.82 Å². The number of aromatic nitrogens is 2. The zero-order chi connectivity index (χ0) is 13.5. The monoisotopic (exact) mass is 327 g/mol. The van der Waals surface area contributed by atoms with E-state index >= 15 is 0 Å². The van der Waals surface area contributed by atoms with Crippen molar-refractivity contribution in [2.45, 2.75) is 18.3 Å². The van der Waals surface area contributed by atoms with Crippen molar-refractivity contribution < 1.29 is 9.13 Å². The minimum absolute atomic E-state index is 0.180. The van der Waals surface area contributed by atoms with Gasteiger partial charge in [0.25, 0.3) is 0 Å². The minimum Gasteiger partial charge on any atom is -0.381 e. The molecule has 19 heavy (non-hydrogen) atoms. The fourth-order valence-electron chi connectivity index (χ4n) is 2.56. The predicted octanol–water partition coefficient (Wildman–Crippen LogP) is 2.47. The van der Waals surface area contributed by atoms with Gasteiger partial charge in [0.2, 0.25) is 0 Å². The first kappa shape index (κ1) is 13.0. The number of benzene rings is 1. The van der Waals surface area contributed by atoms with E-state index in [1.807, 2.05) is 0 Å². The first-order valence-electron chi connectivity index (χ1n) is 6.28. The maximum atomic E-state index is 13.5. The van der Waals surface area contributed by atoms with Crippen molar-refractivity contribution in [1.29, 1.82) is 0 Å². The molecule has 4 nitrogen and oxygen atoms in total. The quantitative estimate of drug-likeness (QED) is 0.890. The molecule has 0 bridgehead atoms. The Labute approximate surface area is 118 Å². The number of hydrogen-bond donors (Lipinski definition) is 2. The Bertz CT molecular complexity index is 568. The van der Waals surface area contributed by atoms with Crippen LogP contribution in [0.25, 0.3) is 11.0 Å². The molecule has 3 N–H and O–H groups in total. The maximum Gasteiger partial charge on any atom is 0.139 e. The van der Waals surface area contributed by atoms with Crippen molar-refractivity contribution in [1.82, 2.24) is 9.97 Å². The molecule has 102 valence electrons. The Balaban J connectivity index is 2.09. The van der Waals surface area contributed by atoms with Crippen molar-refractivity contribution >= 4 is 27.0 Å². The number of H-pyrrole nitrogens is 1. The van der Waals surface area contributed by atoms with Crippen LogP contribution in [0.3, 0.4) is 0 Å². The highest BCUT2D eigenvalue weighted by molar-refractivity contribution is 9.10. The van der Waals surface area contributed by atoms with Crippen molar-refractivity contribution in [3.63, 3.8) is 0 Å². The number of aromatic amines is 1. The molecule has 0 aliphatic carbocycles. The molecule has 0 amide bonds. The van der Waals surface area contributed by atoms with Crippen LogP contribution >= 0.6 is 15.9 Å². The lowest BCUT2D eigenvalue weighted by Gasteiger charge is -2.34. The molecule has 0 atom stereocenters. The smallest absolute Gasteiger partial charge is 0.139 e. The second kappa shape index (κ2) is 4.85. The zero-order valence-electron chi connectivity index (χ0n) is 10.4. The number of ether oxygens (including phenoxy) is 1. The molecule has 1 aliphatic rings. The number of halogens is 2. The van der Waals surface area contributed by atoms with Gasteiger partial charge in [0.15, 0.2) is 0 Å². The van der Waals surface area contributed by atoms with Gasteiger partial charge in [-0.2, -0.15) is 0 Å². The molecule has 0 unspecified atom stereocenters. The molecular weight excluding hydrogens is 313 g/mol. The summed E-state index contributed by atoms with van der Waals surface area (Å²) in [5, 5.41) is 0. The minimum atomic E-state index is -0.295. The number of nitrogens with zero attached hydrogens (tertiary/aromatic N) is 1. The summed E-state index contributed by atoms with van der Waals surface area (Å²) < 4.78 is 19.4. The summed E-state index contributed by atoms with van der Waals surface area (Å²) in [6.45, 7) is 1.89. The fourth-order valence-corrected chi connectivity index (χ4v) is 2.89. The van der Waals surface area contributed by atoms with Gasteiger partial charge in [-0.25, -0.2) is 9.37 Å². The molecule has 6 heteroatoms. The Morgan fingerprint density at radius 2 is 2.16 bits per heavy atom. The van der Waals surface area contributed by atoms with Gasteiger partial charge in [-0.3, -0.25) is 0 Å². The zero-order valence-corrected chi connectivity index (χ0v) is 12.0. The van der Waals surface area contributed by atoms with Crippen molar-refractivity contribution in [2.75, 3.05) is 19.8 Å². The summed E-state index contributed by atoms with van der Waals surface area (Å²) in [5.41, 5.74) is 7.23. The van der Waals surface area contributed by atoms with Crippen LogP contribution in [0.1, 0.15) is 18.7 Å². The van der Waals surface area contributed by atoms with Gasteiger partial charge in [0, 0.05) is 31.2 Å². The molecule has 2 heterocycles. The van der Waals surface area contributed by atoms with E-state index in [9.17, 15) is 4.39 Å². The van der Waals surface area contributed by atoms with Crippen LogP contribution in [-0.4, -0.2) is 29.7 Å². The third-order valence-electron chi connectivity index (χ3n) is 3.87. The Morgan fingerprint density at radius 3 is 2.84 bits per heavy atom. The Morgan fingerprint density at radius 1 is 1.42 bits per heavy atom. The highest BCUT2D eigenvalue weighted by atomic mass is 79.9. The number of hydrogen-bond acceptors (Lipinski definition) is 3. The Hall–Kier alpha value is -0.980. The normalized spacial score (nSPS) is 18.9. The van der Waals surface area contributed by atoms with E-state index in [1.165, 1.54) is 6.07 Å². The van der Waals surface area contributed by atoms with Crippen molar-refractivity contribution in [2.24, 2.45) is 5.73 Å². The van der Waals surface area contributed by atoms with E-state index < -0.39 is 0 Å². The molecule has 1 aliphatic heterocycles. The van der Waals surface area contributed by atoms with Crippen LogP contribution < -0.4 is 5.73 Å². The highest BCUT2D eigenvalue weighted by Crippen LogP contribution is 2.33. The van der Waals surface area contributed by atoms with Crippen LogP contribution in [-0.2, 0) is 10.2 Å². The van der Waals surface area contributed by atoms with E-state index in [2.05, 4.69) is 25.9 Å². The average Bonchev–Trinajstić information content (AvgIpc) is 2.83. The van der Waals surface area contributed by atoms with Gasteiger partial charge in [-0.15, -0.1) is 0 Å². The third-order valence-corrected chi connectivity index (χ3v) is 4.47. The molecule has 1 saturated heterocycles. The van der Waals surface area contributed by atoms with E-state index in [0.29, 0.717) is 29.7 Å². The fraction of sp³-hybridized carbons (Fsp3) is 0.462. The lowest BCUT2D eigenvalue weighted by molar-refractivity contribution is 0.0503. The number of nitrogens with one attached hydrogen (secondary N) is 1.